The summed E-state index contributed by atoms with van der Waals surface area (Å²) in [4.78, 5) is 4.59. The average molecular weight is 327 g/mol. The number of rotatable bonds is 3. The molecule has 1 aliphatic rings. The normalized spacial score (nSPS) is 18.2. The lowest BCUT2D eigenvalue weighted by atomic mass is 9.99. The monoisotopic (exact) mass is 327 g/mol. The second-order valence-electron chi connectivity index (χ2n) is 6.38. The van der Waals surface area contributed by atoms with Crippen LogP contribution in [-0.4, -0.2) is 22.6 Å². The Balaban J connectivity index is 1.85. The first-order valence-electron chi connectivity index (χ1n) is 8.34. The Morgan fingerprint density at radius 2 is 1.92 bits per heavy atom. The molecule has 0 aliphatic carbocycles. The van der Waals surface area contributed by atoms with Crippen molar-refractivity contribution in [1.82, 2.24) is 14.9 Å². The van der Waals surface area contributed by atoms with E-state index in [0.29, 0.717) is 17.0 Å². The lowest BCUT2D eigenvalue weighted by molar-refractivity contribution is 0.341. The van der Waals surface area contributed by atoms with Crippen molar-refractivity contribution in [3.63, 3.8) is 0 Å². The number of imidazole rings is 1. The van der Waals surface area contributed by atoms with Crippen LogP contribution in [0.25, 0.3) is 22.4 Å². The zero-order chi connectivity index (χ0) is 16.5. The van der Waals surface area contributed by atoms with Gasteiger partial charge in [0.05, 0.1) is 11.0 Å². The topological polar surface area (TPSA) is 29.9 Å². The first kappa shape index (κ1) is 15.3. The van der Waals surface area contributed by atoms with E-state index < -0.39 is 11.6 Å². The van der Waals surface area contributed by atoms with Gasteiger partial charge in [-0.25, -0.2) is 13.8 Å². The second kappa shape index (κ2) is 6.32. The highest BCUT2D eigenvalue weighted by Gasteiger charge is 2.20. The summed E-state index contributed by atoms with van der Waals surface area (Å²) in [6.07, 6.45) is 2.27. The van der Waals surface area contributed by atoms with Crippen molar-refractivity contribution in [3.8, 4) is 11.4 Å². The number of hydrogen-bond donors (Lipinski definition) is 1. The fourth-order valence-corrected chi connectivity index (χ4v) is 3.45. The highest BCUT2D eigenvalue weighted by atomic mass is 19.2. The molecule has 4 rings (SSSR count). The van der Waals surface area contributed by atoms with Gasteiger partial charge in [-0.3, -0.25) is 0 Å². The van der Waals surface area contributed by atoms with Crippen molar-refractivity contribution < 1.29 is 8.78 Å². The van der Waals surface area contributed by atoms with Crippen LogP contribution < -0.4 is 5.32 Å². The van der Waals surface area contributed by atoms with E-state index in [0.717, 1.165) is 43.9 Å². The molecule has 1 unspecified atom stereocenters. The number of halogens is 2. The van der Waals surface area contributed by atoms with Crippen LogP contribution in [0.15, 0.2) is 42.5 Å². The standard InChI is InChI=1S/C19H19F2N3/c20-15-9-17-18(10-16(15)21)24(12-13-5-4-8-22-11-13)19(23-17)14-6-2-1-3-7-14/h1-3,6-7,9-10,13,22H,4-5,8,11-12H2. The number of benzene rings is 2. The van der Waals surface area contributed by atoms with Gasteiger partial charge in [0.2, 0.25) is 0 Å². The van der Waals surface area contributed by atoms with Gasteiger partial charge in [-0.15, -0.1) is 0 Å². The Morgan fingerprint density at radius 1 is 1.12 bits per heavy atom. The molecule has 0 spiro atoms. The van der Waals surface area contributed by atoms with Gasteiger partial charge in [0.1, 0.15) is 5.82 Å². The molecule has 2 aromatic carbocycles. The van der Waals surface area contributed by atoms with E-state index in [9.17, 15) is 8.78 Å². The zero-order valence-corrected chi connectivity index (χ0v) is 13.3. The third-order valence-corrected chi connectivity index (χ3v) is 4.66. The van der Waals surface area contributed by atoms with Crippen molar-refractivity contribution in [2.24, 2.45) is 5.92 Å². The molecule has 1 aliphatic heterocycles. The van der Waals surface area contributed by atoms with E-state index in [1.54, 1.807) is 0 Å². The fourth-order valence-electron chi connectivity index (χ4n) is 3.45. The molecule has 1 saturated heterocycles. The summed E-state index contributed by atoms with van der Waals surface area (Å²) in [6.45, 7) is 2.74. The maximum atomic E-state index is 13.8. The van der Waals surface area contributed by atoms with Crippen molar-refractivity contribution in [2.75, 3.05) is 13.1 Å². The highest BCUT2D eigenvalue weighted by molar-refractivity contribution is 5.80. The minimum Gasteiger partial charge on any atom is -0.324 e. The lowest BCUT2D eigenvalue weighted by Gasteiger charge is -2.24. The molecule has 0 bridgehead atoms. The van der Waals surface area contributed by atoms with Crippen LogP contribution in [0.3, 0.4) is 0 Å². The minimum absolute atomic E-state index is 0.465. The number of aromatic nitrogens is 2. The van der Waals surface area contributed by atoms with E-state index in [4.69, 9.17) is 0 Å². The molecular formula is C19H19F2N3. The summed E-state index contributed by atoms with van der Waals surface area (Å²) >= 11 is 0. The summed E-state index contributed by atoms with van der Waals surface area (Å²) in [5, 5.41) is 3.41. The van der Waals surface area contributed by atoms with E-state index >= 15 is 0 Å². The van der Waals surface area contributed by atoms with Crippen molar-refractivity contribution in [3.05, 3.63) is 54.1 Å². The maximum Gasteiger partial charge on any atom is 0.161 e. The van der Waals surface area contributed by atoms with Gasteiger partial charge >= 0.3 is 0 Å². The Kier molecular flexibility index (Phi) is 4.02. The van der Waals surface area contributed by atoms with Gasteiger partial charge < -0.3 is 9.88 Å². The molecule has 1 N–H and O–H groups in total. The van der Waals surface area contributed by atoms with Crippen LogP contribution in [0.5, 0.6) is 0 Å². The average Bonchev–Trinajstić information content (AvgIpc) is 2.95. The Hall–Kier alpha value is -2.27. The molecule has 1 aromatic heterocycles. The molecule has 3 aromatic rings. The third kappa shape index (κ3) is 2.80. The number of nitrogens with one attached hydrogen (secondary N) is 1. The predicted octanol–water partition coefficient (Wildman–Crippen LogP) is 3.98. The minimum atomic E-state index is -0.855. The molecule has 1 atom stereocenters. The van der Waals surface area contributed by atoms with Crippen molar-refractivity contribution in [2.45, 2.75) is 19.4 Å². The molecule has 0 saturated carbocycles. The van der Waals surface area contributed by atoms with Gasteiger partial charge in [-0.2, -0.15) is 0 Å². The lowest BCUT2D eigenvalue weighted by Crippen LogP contribution is -2.32. The Labute approximate surface area is 139 Å². The van der Waals surface area contributed by atoms with Gasteiger partial charge in [0.25, 0.3) is 0 Å². The van der Waals surface area contributed by atoms with Crippen LogP contribution >= 0.6 is 0 Å². The van der Waals surface area contributed by atoms with Crippen LogP contribution in [0.2, 0.25) is 0 Å². The van der Waals surface area contributed by atoms with Gasteiger partial charge in [0.15, 0.2) is 11.6 Å². The van der Waals surface area contributed by atoms with Crippen molar-refractivity contribution >= 4 is 11.0 Å². The summed E-state index contributed by atoms with van der Waals surface area (Å²) in [5.74, 6) is -0.455. The second-order valence-corrected chi connectivity index (χ2v) is 6.38. The van der Waals surface area contributed by atoms with Gasteiger partial charge in [-0.1, -0.05) is 30.3 Å². The van der Waals surface area contributed by atoms with E-state index in [1.165, 1.54) is 12.1 Å². The summed E-state index contributed by atoms with van der Waals surface area (Å²) < 4.78 is 29.4. The number of fused-ring (bicyclic) bond motifs is 1. The summed E-state index contributed by atoms with van der Waals surface area (Å²) in [6, 6.07) is 12.2. The largest absolute Gasteiger partial charge is 0.324 e. The summed E-state index contributed by atoms with van der Waals surface area (Å²) in [5.41, 5.74) is 2.10. The first-order valence-corrected chi connectivity index (χ1v) is 8.34. The predicted molar refractivity (Wildman–Crippen MR) is 90.7 cm³/mol. The van der Waals surface area contributed by atoms with E-state index in [2.05, 4.69) is 10.3 Å². The molecule has 5 heteroatoms. The molecule has 3 nitrogen and oxygen atoms in total. The van der Waals surface area contributed by atoms with E-state index in [-0.39, 0.29) is 0 Å². The molecule has 0 amide bonds. The molecule has 1 fully saturated rings. The quantitative estimate of drug-likeness (QED) is 0.788. The number of piperidine rings is 1. The van der Waals surface area contributed by atoms with Crippen LogP contribution in [-0.2, 0) is 6.54 Å². The number of hydrogen-bond acceptors (Lipinski definition) is 2. The maximum absolute atomic E-state index is 13.8. The van der Waals surface area contributed by atoms with Gasteiger partial charge in [-0.05, 0) is 31.8 Å². The molecular weight excluding hydrogens is 308 g/mol. The molecule has 124 valence electrons. The molecule has 2 heterocycles. The van der Waals surface area contributed by atoms with Crippen LogP contribution in [0, 0.1) is 17.6 Å². The zero-order valence-electron chi connectivity index (χ0n) is 13.3. The Morgan fingerprint density at radius 3 is 2.67 bits per heavy atom. The van der Waals surface area contributed by atoms with Gasteiger partial charge in [0, 0.05) is 24.2 Å². The Bertz CT molecular complexity index is 852. The van der Waals surface area contributed by atoms with Crippen LogP contribution in [0.4, 0.5) is 8.78 Å². The third-order valence-electron chi connectivity index (χ3n) is 4.66. The van der Waals surface area contributed by atoms with E-state index in [1.807, 2.05) is 34.9 Å². The first-order chi connectivity index (χ1) is 11.7. The molecule has 24 heavy (non-hydrogen) atoms. The molecule has 0 radical (unpaired) electrons. The number of nitrogens with zero attached hydrogens (tertiary/aromatic N) is 2. The summed E-state index contributed by atoms with van der Waals surface area (Å²) in [7, 11) is 0. The smallest absolute Gasteiger partial charge is 0.161 e. The SMILES string of the molecule is Fc1cc2nc(-c3ccccc3)n(CC3CCCNC3)c2cc1F. The fraction of sp³-hybridized carbons (Fsp3) is 0.316. The van der Waals surface area contributed by atoms with Crippen LogP contribution in [0.1, 0.15) is 12.8 Å². The van der Waals surface area contributed by atoms with Crippen molar-refractivity contribution in [1.29, 1.82) is 0 Å². The highest BCUT2D eigenvalue weighted by Crippen LogP contribution is 2.28.